The predicted octanol–water partition coefficient (Wildman–Crippen LogP) is 3.36. The zero-order valence-electron chi connectivity index (χ0n) is 9.70. The van der Waals surface area contributed by atoms with E-state index in [1.807, 2.05) is 23.5 Å². The van der Waals surface area contributed by atoms with Crippen molar-refractivity contribution in [3.8, 4) is 0 Å². The summed E-state index contributed by atoms with van der Waals surface area (Å²) in [4.78, 5) is 22.1. The van der Waals surface area contributed by atoms with Gasteiger partial charge in [-0.05, 0) is 30.1 Å². The molecular weight excluding hydrogens is 270 g/mol. The van der Waals surface area contributed by atoms with Crippen molar-refractivity contribution in [3.05, 3.63) is 39.9 Å². The highest BCUT2D eigenvalue weighted by molar-refractivity contribution is 8.17. The van der Waals surface area contributed by atoms with Crippen LogP contribution in [0, 0.1) is 10.1 Å². The van der Waals surface area contributed by atoms with Gasteiger partial charge in [0.15, 0.2) is 5.78 Å². The van der Waals surface area contributed by atoms with Crippen LogP contribution in [-0.4, -0.2) is 26.8 Å². The average molecular weight is 283 g/mol. The van der Waals surface area contributed by atoms with E-state index < -0.39 is 4.92 Å². The van der Waals surface area contributed by atoms with Gasteiger partial charge in [-0.1, -0.05) is 0 Å². The number of rotatable bonds is 4. The van der Waals surface area contributed by atoms with Crippen molar-refractivity contribution in [3.63, 3.8) is 0 Å². The number of nitro groups is 1. The second-order valence-corrected chi connectivity index (χ2v) is 6.88. The molecule has 2 rings (SSSR count). The van der Waals surface area contributed by atoms with Gasteiger partial charge in [0, 0.05) is 24.1 Å². The highest BCUT2D eigenvalue weighted by atomic mass is 32.2. The molecule has 0 spiro atoms. The third kappa shape index (κ3) is 3.49. The first kappa shape index (κ1) is 13.4. The van der Waals surface area contributed by atoms with Crippen molar-refractivity contribution >= 4 is 35.0 Å². The first-order chi connectivity index (χ1) is 8.66. The van der Waals surface area contributed by atoms with Crippen LogP contribution < -0.4 is 0 Å². The normalized spacial score (nSPS) is 16.4. The molecular formula is C12H13NO3S2. The number of non-ortho nitro benzene ring substituents is 1. The van der Waals surface area contributed by atoms with Crippen molar-refractivity contribution in [2.24, 2.45) is 0 Å². The zero-order valence-corrected chi connectivity index (χ0v) is 11.3. The van der Waals surface area contributed by atoms with Crippen LogP contribution in [0.15, 0.2) is 24.3 Å². The smallest absolute Gasteiger partial charge is 0.269 e. The lowest BCUT2D eigenvalue weighted by atomic mass is 10.1. The van der Waals surface area contributed by atoms with E-state index in [-0.39, 0.29) is 11.5 Å². The van der Waals surface area contributed by atoms with E-state index >= 15 is 0 Å². The number of benzene rings is 1. The molecule has 0 bridgehead atoms. The molecule has 0 aromatic heterocycles. The Hall–Kier alpha value is -1.01. The van der Waals surface area contributed by atoms with Crippen LogP contribution in [-0.2, 0) is 0 Å². The maximum absolute atomic E-state index is 12.0. The van der Waals surface area contributed by atoms with Crippen LogP contribution in [0.5, 0.6) is 0 Å². The maximum Gasteiger partial charge on any atom is 0.269 e. The molecule has 0 saturated carbocycles. The van der Waals surface area contributed by atoms with E-state index in [4.69, 9.17) is 0 Å². The lowest BCUT2D eigenvalue weighted by molar-refractivity contribution is -0.384. The van der Waals surface area contributed by atoms with Crippen molar-refractivity contribution in [1.29, 1.82) is 0 Å². The van der Waals surface area contributed by atoms with Crippen molar-refractivity contribution in [1.82, 2.24) is 0 Å². The summed E-state index contributed by atoms with van der Waals surface area (Å²) in [5, 5.41) is 10.5. The molecule has 0 unspecified atom stereocenters. The molecule has 0 aliphatic carbocycles. The fourth-order valence-electron chi connectivity index (χ4n) is 1.69. The molecule has 0 amide bonds. The van der Waals surface area contributed by atoms with Gasteiger partial charge in [0.2, 0.25) is 0 Å². The molecule has 1 aliphatic rings. The van der Waals surface area contributed by atoms with Crippen LogP contribution in [0.4, 0.5) is 5.69 Å². The second-order valence-electron chi connectivity index (χ2n) is 3.96. The van der Waals surface area contributed by atoms with E-state index in [0.717, 1.165) is 11.5 Å². The fraction of sp³-hybridized carbons (Fsp3) is 0.417. The van der Waals surface area contributed by atoms with Crippen LogP contribution >= 0.6 is 23.5 Å². The summed E-state index contributed by atoms with van der Waals surface area (Å²) in [6, 6.07) is 5.85. The molecule has 96 valence electrons. The minimum atomic E-state index is -0.457. The summed E-state index contributed by atoms with van der Waals surface area (Å²) in [6.07, 6.45) is 1.71. The molecule has 1 aromatic rings. The van der Waals surface area contributed by atoms with E-state index in [1.165, 1.54) is 18.6 Å². The molecule has 1 fully saturated rings. The summed E-state index contributed by atoms with van der Waals surface area (Å²) < 4.78 is 0.335. The van der Waals surface area contributed by atoms with Gasteiger partial charge in [-0.2, -0.15) is 0 Å². The zero-order chi connectivity index (χ0) is 13.0. The molecule has 4 nitrogen and oxygen atoms in total. The summed E-state index contributed by atoms with van der Waals surface area (Å²) in [7, 11) is 0. The molecule has 0 atom stereocenters. The van der Waals surface area contributed by atoms with Crippen LogP contribution in [0.25, 0.3) is 0 Å². The van der Waals surface area contributed by atoms with Crippen LogP contribution in [0.1, 0.15) is 23.2 Å². The highest BCUT2D eigenvalue weighted by Gasteiger charge is 2.19. The Kier molecular flexibility index (Phi) is 4.66. The Bertz CT molecular complexity index is 441. The minimum Gasteiger partial charge on any atom is -0.294 e. The number of nitrogens with zero attached hydrogens (tertiary/aromatic N) is 1. The predicted molar refractivity (Wildman–Crippen MR) is 75.4 cm³/mol. The summed E-state index contributed by atoms with van der Waals surface area (Å²) >= 11 is 3.66. The van der Waals surface area contributed by atoms with Crippen molar-refractivity contribution in [2.45, 2.75) is 17.4 Å². The molecule has 18 heavy (non-hydrogen) atoms. The summed E-state index contributed by atoms with van der Waals surface area (Å²) in [5.74, 6) is 2.30. The molecule has 1 heterocycles. The van der Waals surface area contributed by atoms with Crippen molar-refractivity contribution < 1.29 is 9.72 Å². The Morgan fingerprint density at radius 3 is 2.44 bits per heavy atom. The molecule has 0 N–H and O–H groups in total. The first-order valence-electron chi connectivity index (χ1n) is 5.67. The first-order valence-corrected chi connectivity index (χ1v) is 7.77. The third-order valence-electron chi connectivity index (χ3n) is 2.65. The van der Waals surface area contributed by atoms with E-state index in [9.17, 15) is 14.9 Å². The summed E-state index contributed by atoms with van der Waals surface area (Å²) in [6.45, 7) is 0. The van der Waals surface area contributed by atoms with Gasteiger partial charge >= 0.3 is 0 Å². The van der Waals surface area contributed by atoms with Crippen LogP contribution in [0.3, 0.4) is 0 Å². The largest absolute Gasteiger partial charge is 0.294 e. The number of hydrogen-bond donors (Lipinski definition) is 0. The van der Waals surface area contributed by atoms with Gasteiger partial charge in [-0.15, -0.1) is 23.5 Å². The lowest BCUT2D eigenvalue weighted by Crippen LogP contribution is -2.12. The average Bonchev–Trinajstić information content (AvgIpc) is 2.40. The number of ketones is 1. The maximum atomic E-state index is 12.0. The van der Waals surface area contributed by atoms with Gasteiger partial charge in [-0.25, -0.2) is 0 Å². The van der Waals surface area contributed by atoms with Crippen LogP contribution in [0.2, 0.25) is 0 Å². The molecule has 1 saturated heterocycles. The number of carbonyl (C=O) groups is 1. The standard InChI is InChI=1S/C12H13NO3S2/c14-11(8-12-17-6-1-7-18-12)9-2-4-10(5-3-9)13(15)16/h2-5,12H,1,6-8H2. The highest BCUT2D eigenvalue weighted by Crippen LogP contribution is 2.33. The van der Waals surface area contributed by atoms with E-state index in [2.05, 4.69) is 0 Å². The molecule has 1 aromatic carbocycles. The Labute approximate surface area is 114 Å². The van der Waals surface area contributed by atoms with E-state index in [0.29, 0.717) is 16.6 Å². The molecule has 0 radical (unpaired) electrons. The number of thioether (sulfide) groups is 2. The third-order valence-corrected chi connectivity index (χ3v) is 5.59. The van der Waals surface area contributed by atoms with Gasteiger partial charge in [0.25, 0.3) is 5.69 Å². The Morgan fingerprint density at radius 2 is 1.89 bits per heavy atom. The Balaban J connectivity index is 1.97. The fourth-order valence-corrected chi connectivity index (χ4v) is 4.52. The minimum absolute atomic E-state index is 0.0213. The lowest BCUT2D eigenvalue weighted by Gasteiger charge is -2.19. The monoisotopic (exact) mass is 283 g/mol. The van der Waals surface area contributed by atoms with Gasteiger partial charge in [-0.3, -0.25) is 14.9 Å². The van der Waals surface area contributed by atoms with Gasteiger partial charge in [0.05, 0.1) is 9.51 Å². The number of Topliss-reactive ketones (excluding diaryl/α,β-unsaturated/α-hetero) is 1. The van der Waals surface area contributed by atoms with Crippen molar-refractivity contribution in [2.75, 3.05) is 11.5 Å². The van der Waals surface area contributed by atoms with E-state index in [1.54, 1.807) is 12.1 Å². The second kappa shape index (κ2) is 6.24. The molecule has 1 aliphatic heterocycles. The van der Waals surface area contributed by atoms with Gasteiger partial charge < -0.3 is 0 Å². The quantitative estimate of drug-likeness (QED) is 0.481. The Morgan fingerprint density at radius 1 is 1.28 bits per heavy atom. The topological polar surface area (TPSA) is 60.2 Å². The van der Waals surface area contributed by atoms with Gasteiger partial charge in [0.1, 0.15) is 0 Å². The number of hydrogen-bond acceptors (Lipinski definition) is 5. The summed E-state index contributed by atoms with van der Waals surface area (Å²) in [5.41, 5.74) is 0.584. The number of nitro benzene ring substituents is 1. The molecule has 6 heteroatoms. The number of carbonyl (C=O) groups excluding carboxylic acids is 1. The SMILES string of the molecule is O=C(CC1SCCCS1)c1ccc([N+](=O)[O-])cc1.